The van der Waals surface area contributed by atoms with Crippen LogP contribution in [0.3, 0.4) is 0 Å². The van der Waals surface area contributed by atoms with Gasteiger partial charge in [-0.1, -0.05) is 35.9 Å². The summed E-state index contributed by atoms with van der Waals surface area (Å²) in [5, 5.41) is 20.6. The quantitative estimate of drug-likeness (QED) is 0.699. The second-order valence-corrected chi connectivity index (χ2v) is 9.12. The number of fused-ring (bicyclic) bond motifs is 1. The highest BCUT2D eigenvalue weighted by atomic mass is 32.2. The summed E-state index contributed by atoms with van der Waals surface area (Å²) >= 11 is 0. The summed E-state index contributed by atoms with van der Waals surface area (Å²) < 4.78 is 28.0. The number of hydrogen-bond acceptors (Lipinski definition) is 5. The Labute approximate surface area is 176 Å². The van der Waals surface area contributed by atoms with E-state index >= 15 is 0 Å². The third-order valence-electron chi connectivity index (χ3n) is 5.39. The Hall–Kier alpha value is -3.34. The number of aryl methyl sites for hydroxylation is 1. The van der Waals surface area contributed by atoms with Crippen molar-refractivity contribution in [3.8, 4) is 6.07 Å². The van der Waals surface area contributed by atoms with Crippen molar-refractivity contribution in [3.05, 3.63) is 89.5 Å². The molecule has 3 aromatic carbocycles. The SMILES string of the molecule is Cc1ccc(S(=O)(=O)N2c3ccc(C#N)cc3C(N(C)c3ccccc3)C2O)cc1. The lowest BCUT2D eigenvalue weighted by molar-refractivity contribution is 0.164. The van der Waals surface area contributed by atoms with Crippen LogP contribution >= 0.6 is 0 Å². The van der Waals surface area contributed by atoms with Gasteiger partial charge in [-0.15, -0.1) is 0 Å². The maximum atomic E-state index is 13.5. The summed E-state index contributed by atoms with van der Waals surface area (Å²) in [7, 11) is -2.21. The molecule has 0 aliphatic carbocycles. The normalized spacial score (nSPS) is 18.0. The largest absolute Gasteiger partial charge is 0.370 e. The fourth-order valence-corrected chi connectivity index (χ4v) is 5.35. The molecule has 0 saturated heterocycles. The molecule has 1 aliphatic heterocycles. The third-order valence-corrected chi connectivity index (χ3v) is 7.19. The number of hydrogen-bond donors (Lipinski definition) is 1. The minimum Gasteiger partial charge on any atom is -0.370 e. The molecular formula is C23H21N3O3S. The zero-order valence-corrected chi connectivity index (χ0v) is 17.4. The standard InChI is InChI=1S/C23H21N3O3S/c1-16-8-11-19(12-9-16)30(28,29)26-21-13-10-17(15-24)14-20(21)22(23(26)27)25(2)18-6-4-3-5-7-18/h3-14,22-23,27H,1-2H3. The third kappa shape index (κ3) is 3.20. The molecule has 2 atom stereocenters. The van der Waals surface area contributed by atoms with Crippen LogP contribution in [-0.2, 0) is 10.0 Å². The van der Waals surface area contributed by atoms with Gasteiger partial charge < -0.3 is 10.0 Å². The Morgan fingerprint density at radius 2 is 1.70 bits per heavy atom. The van der Waals surface area contributed by atoms with E-state index in [1.54, 1.807) is 37.4 Å². The molecule has 0 radical (unpaired) electrons. The number of rotatable bonds is 4. The van der Waals surface area contributed by atoms with Crippen molar-refractivity contribution in [2.24, 2.45) is 0 Å². The van der Waals surface area contributed by atoms with Crippen LogP contribution < -0.4 is 9.21 Å². The molecule has 2 unspecified atom stereocenters. The molecule has 1 N–H and O–H groups in total. The zero-order valence-electron chi connectivity index (χ0n) is 16.6. The van der Waals surface area contributed by atoms with Gasteiger partial charge in [0.25, 0.3) is 10.0 Å². The summed E-state index contributed by atoms with van der Waals surface area (Å²) in [6, 6.07) is 22.2. The molecule has 0 amide bonds. The summed E-state index contributed by atoms with van der Waals surface area (Å²) in [5.74, 6) is 0. The fraction of sp³-hybridized carbons (Fsp3) is 0.174. The number of likely N-dealkylation sites (N-methyl/N-ethyl adjacent to an activating group) is 1. The maximum absolute atomic E-state index is 13.5. The maximum Gasteiger partial charge on any atom is 0.266 e. The summed E-state index contributed by atoms with van der Waals surface area (Å²) in [6.07, 6.45) is -1.36. The highest BCUT2D eigenvalue weighted by molar-refractivity contribution is 7.92. The average Bonchev–Trinajstić information content (AvgIpc) is 3.05. The van der Waals surface area contributed by atoms with Gasteiger partial charge in [0.05, 0.1) is 22.2 Å². The number of benzene rings is 3. The highest BCUT2D eigenvalue weighted by Crippen LogP contribution is 2.45. The monoisotopic (exact) mass is 419 g/mol. The Balaban J connectivity index is 1.86. The topological polar surface area (TPSA) is 84.6 Å². The lowest BCUT2D eigenvalue weighted by atomic mass is 10.0. The lowest BCUT2D eigenvalue weighted by Gasteiger charge is -2.32. The van der Waals surface area contributed by atoms with Crippen LogP contribution in [0.15, 0.2) is 77.7 Å². The van der Waals surface area contributed by atoms with Crippen molar-refractivity contribution in [1.29, 1.82) is 5.26 Å². The molecule has 6 nitrogen and oxygen atoms in total. The van der Waals surface area contributed by atoms with Crippen molar-refractivity contribution in [3.63, 3.8) is 0 Å². The molecule has 1 aliphatic rings. The minimum atomic E-state index is -4.01. The number of sulfonamides is 1. The second kappa shape index (κ2) is 7.48. The molecule has 0 fully saturated rings. The van der Waals surface area contributed by atoms with Crippen molar-refractivity contribution < 1.29 is 13.5 Å². The average molecular weight is 420 g/mol. The number of anilines is 2. The van der Waals surface area contributed by atoms with E-state index in [0.717, 1.165) is 15.6 Å². The first-order valence-corrected chi connectivity index (χ1v) is 10.9. The molecule has 3 aromatic rings. The number of aliphatic hydroxyl groups is 1. The zero-order chi connectivity index (χ0) is 21.5. The molecule has 4 rings (SSSR count). The fourth-order valence-electron chi connectivity index (χ4n) is 3.82. The molecule has 0 spiro atoms. The predicted molar refractivity (Wildman–Crippen MR) is 116 cm³/mol. The van der Waals surface area contributed by atoms with E-state index in [2.05, 4.69) is 6.07 Å². The van der Waals surface area contributed by atoms with Crippen LogP contribution in [0.1, 0.15) is 22.7 Å². The molecule has 152 valence electrons. The lowest BCUT2D eigenvalue weighted by Crippen LogP contribution is -2.43. The Morgan fingerprint density at radius 1 is 1.03 bits per heavy atom. The van der Waals surface area contributed by atoms with Crippen LogP contribution in [-0.4, -0.2) is 26.8 Å². The van der Waals surface area contributed by atoms with Gasteiger partial charge in [0.1, 0.15) is 6.04 Å². The van der Waals surface area contributed by atoms with E-state index in [4.69, 9.17) is 0 Å². The second-order valence-electron chi connectivity index (χ2n) is 7.30. The number of nitrogens with zero attached hydrogens (tertiary/aromatic N) is 3. The number of nitriles is 1. The smallest absolute Gasteiger partial charge is 0.266 e. The predicted octanol–water partition coefficient (Wildman–Crippen LogP) is 3.57. The first-order chi connectivity index (χ1) is 14.3. The van der Waals surface area contributed by atoms with Gasteiger partial charge in [-0.05, 0) is 49.4 Å². The van der Waals surface area contributed by atoms with E-state index in [-0.39, 0.29) is 4.90 Å². The van der Waals surface area contributed by atoms with E-state index in [9.17, 15) is 18.8 Å². The summed E-state index contributed by atoms with van der Waals surface area (Å²) in [4.78, 5) is 1.93. The van der Waals surface area contributed by atoms with Crippen LogP contribution in [0.4, 0.5) is 11.4 Å². The summed E-state index contributed by atoms with van der Waals surface area (Å²) in [6.45, 7) is 1.88. The van der Waals surface area contributed by atoms with Crippen LogP contribution in [0.25, 0.3) is 0 Å². The molecule has 0 bridgehead atoms. The van der Waals surface area contributed by atoms with Crippen LogP contribution in [0.2, 0.25) is 0 Å². The first-order valence-electron chi connectivity index (χ1n) is 9.45. The van der Waals surface area contributed by atoms with Gasteiger partial charge in [-0.25, -0.2) is 12.7 Å². The first kappa shape index (κ1) is 20.0. The van der Waals surface area contributed by atoms with E-state index in [1.807, 2.05) is 42.2 Å². The minimum absolute atomic E-state index is 0.102. The number of para-hydroxylation sites is 1. The van der Waals surface area contributed by atoms with Gasteiger partial charge in [0.2, 0.25) is 0 Å². The van der Waals surface area contributed by atoms with Crippen molar-refractivity contribution in [2.45, 2.75) is 24.1 Å². The molecule has 1 heterocycles. The molecule has 0 aromatic heterocycles. The molecule has 0 saturated carbocycles. The van der Waals surface area contributed by atoms with Gasteiger partial charge >= 0.3 is 0 Å². The van der Waals surface area contributed by atoms with Crippen molar-refractivity contribution >= 4 is 21.4 Å². The van der Waals surface area contributed by atoms with Crippen LogP contribution in [0, 0.1) is 18.3 Å². The summed E-state index contributed by atoms with van der Waals surface area (Å²) in [5.41, 5.74) is 3.13. The molecule has 7 heteroatoms. The number of aliphatic hydroxyl groups excluding tert-OH is 1. The van der Waals surface area contributed by atoms with Gasteiger partial charge in [0, 0.05) is 18.3 Å². The van der Waals surface area contributed by atoms with Gasteiger partial charge in [0.15, 0.2) is 6.23 Å². The Kier molecular flexibility index (Phi) is 4.98. The van der Waals surface area contributed by atoms with Gasteiger partial charge in [-0.3, -0.25) is 0 Å². The molecular weight excluding hydrogens is 398 g/mol. The highest BCUT2D eigenvalue weighted by Gasteiger charge is 2.46. The van der Waals surface area contributed by atoms with Crippen LogP contribution in [0.5, 0.6) is 0 Å². The van der Waals surface area contributed by atoms with Gasteiger partial charge in [-0.2, -0.15) is 5.26 Å². The van der Waals surface area contributed by atoms with Crippen molar-refractivity contribution in [1.82, 2.24) is 0 Å². The van der Waals surface area contributed by atoms with E-state index in [0.29, 0.717) is 16.8 Å². The Morgan fingerprint density at radius 3 is 2.33 bits per heavy atom. The molecule has 30 heavy (non-hydrogen) atoms. The van der Waals surface area contributed by atoms with E-state index in [1.165, 1.54) is 12.1 Å². The van der Waals surface area contributed by atoms with Crippen molar-refractivity contribution in [2.75, 3.05) is 16.3 Å². The Bertz CT molecular complexity index is 1220. The van der Waals surface area contributed by atoms with E-state index < -0.39 is 22.3 Å².